The summed E-state index contributed by atoms with van der Waals surface area (Å²) in [6.07, 6.45) is 1.83. The average Bonchev–Trinajstić information content (AvgIpc) is 3.33. The minimum absolute atomic E-state index is 0. The number of nitrogens with two attached hydrogens (primary N) is 1. The fraction of sp³-hybridized carbons (Fsp3) is 0.714. The first kappa shape index (κ1) is 33.6. The normalized spacial score (nSPS) is 18.6. The van der Waals surface area contributed by atoms with Gasteiger partial charge in [-0.2, -0.15) is 0 Å². The minimum Gasteiger partial charge on any atom is -0.464 e. The van der Waals surface area contributed by atoms with Crippen molar-refractivity contribution in [1.82, 2.24) is 6.15 Å². The molecule has 2 heterocycles. The molecule has 0 aromatic heterocycles. The van der Waals surface area contributed by atoms with Crippen molar-refractivity contribution in [3.63, 3.8) is 0 Å². The summed E-state index contributed by atoms with van der Waals surface area (Å²) in [7, 11) is 3.95. The van der Waals surface area contributed by atoms with Gasteiger partial charge in [0.25, 0.3) is 0 Å². The van der Waals surface area contributed by atoms with E-state index < -0.39 is 0 Å². The van der Waals surface area contributed by atoms with Crippen LogP contribution in [0.4, 0.5) is 0 Å². The molecule has 0 aromatic carbocycles. The number of ether oxygens (including phenoxy) is 1. The number of esters is 1. The summed E-state index contributed by atoms with van der Waals surface area (Å²) in [5.74, 6) is 0.991. The molecule has 0 saturated carbocycles. The molecule has 0 aliphatic carbocycles. The zero-order valence-corrected chi connectivity index (χ0v) is 22.2. The van der Waals surface area contributed by atoms with Crippen LogP contribution in [0.3, 0.4) is 0 Å². The molecule has 0 radical (unpaired) electrons. The van der Waals surface area contributed by atoms with Crippen molar-refractivity contribution >= 4 is 94.5 Å². The molecule has 2 aliphatic rings. The van der Waals surface area contributed by atoms with E-state index in [0.29, 0.717) is 6.61 Å². The Morgan fingerprint density at radius 2 is 1.52 bits per heavy atom. The Labute approximate surface area is 198 Å². The van der Waals surface area contributed by atoms with Crippen molar-refractivity contribution in [2.75, 3.05) is 18.1 Å². The van der Waals surface area contributed by atoms with Crippen LogP contribution in [-0.2, 0) is 63.3 Å². The molecule has 2 rings (SSSR count). The molecule has 2 aliphatic heterocycles. The molecule has 0 unspecified atom stereocenters. The molecule has 0 saturated heterocycles. The summed E-state index contributed by atoms with van der Waals surface area (Å²) >= 11 is 12.2. The lowest BCUT2D eigenvalue weighted by Crippen LogP contribution is -2.26. The predicted octanol–water partition coefficient (Wildman–Crippen LogP) is 1.19. The van der Waals surface area contributed by atoms with E-state index in [9.17, 15) is 9.59 Å². The molecule has 0 spiro atoms. The summed E-state index contributed by atoms with van der Waals surface area (Å²) in [5, 5.41) is 2.11. The number of hydrogen-bond acceptors (Lipinski definition) is 10. The Kier molecular flexibility index (Phi) is 24.6. The maximum absolute atomic E-state index is 11.2. The number of nitrogens with zero attached hydrogens (tertiary/aromatic N) is 2. The van der Waals surface area contributed by atoms with Gasteiger partial charge >= 0.3 is 5.97 Å². The van der Waals surface area contributed by atoms with Crippen LogP contribution in [0.5, 0.6) is 0 Å². The van der Waals surface area contributed by atoms with Gasteiger partial charge in [-0.25, -0.2) is 4.79 Å². The van der Waals surface area contributed by atoms with Crippen molar-refractivity contribution in [3.05, 3.63) is 0 Å². The maximum Gasteiger partial charge on any atom is 0.331 e. The molecule has 0 bridgehead atoms. The van der Waals surface area contributed by atoms with Gasteiger partial charge in [-0.1, -0.05) is 13.8 Å². The Morgan fingerprint density at radius 1 is 1.07 bits per heavy atom. The largest absolute Gasteiger partial charge is 0.464 e. The third kappa shape index (κ3) is 15.5. The number of carbonyl (C=O) groups is 2. The number of aliphatic imine (C=N–C) groups is 2. The Morgan fingerprint density at radius 3 is 1.79 bits per heavy atom. The SMILES string of the molecule is CCC1=N[C@H](C(N)=O)CS1.CCOC(=O)[C@@H]1CSC(CC)=N1.N.O.S=S=S=S=S. The second-order valence-electron chi connectivity index (χ2n) is 4.76. The van der Waals surface area contributed by atoms with Crippen molar-refractivity contribution in [2.24, 2.45) is 15.7 Å². The number of primary amides is 1. The van der Waals surface area contributed by atoms with Crippen LogP contribution in [0.2, 0.25) is 0 Å². The highest BCUT2D eigenvalue weighted by Gasteiger charge is 2.25. The molecule has 170 valence electrons. The van der Waals surface area contributed by atoms with Crippen molar-refractivity contribution in [2.45, 2.75) is 45.7 Å². The van der Waals surface area contributed by atoms with Crippen molar-refractivity contribution < 1.29 is 19.8 Å². The predicted molar refractivity (Wildman–Crippen MR) is 139 cm³/mol. The second-order valence-corrected chi connectivity index (χ2v) is 12.3. The van der Waals surface area contributed by atoms with Crippen LogP contribution >= 0.6 is 23.5 Å². The first-order valence-electron chi connectivity index (χ1n) is 8.03. The molecule has 7 N–H and O–H groups in total. The van der Waals surface area contributed by atoms with E-state index in [-0.39, 0.29) is 35.6 Å². The molecule has 1 amide bonds. The zero-order valence-electron chi connectivity index (χ0n) is 16.5. The van der Waals surface area contributed by atoms with Crippen LogP contribution in [0, 0.1) is 0 Å². The number of rotatable bonds is 5. The van der Waals surface area contributed by atoms with E-state index in [2.05, 4.69) is 32.4 Å². The van der Waals surface area contributed by atoms with Crippen LogP contribution < -0.4 is 11.9 Å². The molecular formula is C14H28N4O4S7. The lowest BCUT2D eigenvalue weighted by Gasteiger charge is -2.03. The van der Waals surface area contributed by atoms with Crippen LogP contribution in [0.25, 0.3) is 0 Å². The van der Waals surface area contributed by atoms with Crippen LogP contribution in [0.1, 0.15) is 33.6 Å². The lowest BCUT2D eigenvalue weighted by atomic mass is 10.3. The highest BCUT2D eigenvalue weighted by atomic mass is 33.3. The molecule has 0 aromatic rings. The van der Waals surface area contributed by atoms with E-state index in [1.807, 2.05) is 20.8 Å². The summed E-state index contributed by atoms with van der Waals surface area (Å²) in [6.45, 7) is 6.32. The molecule has 2 atom stereocenters. The highest BCUT2D eigenvalue weighted by Crippen LogP contribution is 2.20. The fourth-order valence-electron chi connectivity index (χ4n) is 1.75. The fourth-order valence-corrected chi connectivity index (χ4v) is 6.46. The van der Waals surface area contributed by atoms with Crippen molar-refractivity contribution in [3.8, 4) is 0 Å². The van der Waals surface area contributed by atoms with Gasteiger partial charge in [-0.15, -0.1) is 23.5 Å². The Hall–Kier alpha value is -0.000000000000000389. The summed E-state index contributed by atoms with van der Waals surface area (Å²) in [6, 6.07) is -0.509. The van der Waals surface area contributed by atoms with Gasteiger partial charge in [0.1, 0.15) is 6.04 Å². The smallest absolute Gasteiger partial charge is 0.331 e. The first-order valence-corrected chi connectivity index (χ1v) is 15.3. The van der Waals surface area contributed by atoms with E-state index >= 15 is 0 Å². The van der Waals surface area contributed by atoms with Gasteiger partial charge < -0.3 is 22.1 Å². The molecule has 15 heteroatoms. The van der Waals surface area contributed by atoms with Gasteiger partial charge in [-0.05, 0) is 19.8 Å². The van der Waals surface area contributed by atoms with Gasteiger partial charge in [0.05, 0.1) is 16.7 Å². The molecular weight excluding hydrogens is 513 g/mol. The monoisotopic (exact) mass is 540 g/mol. The number of carbonyl (C=O) groups excluding carboxylic acids is 2. The summed E-state index contributed by atoms with van der Waals surface area (Å²) in [4.78, 5) is 30.1. The lowest BCUT2D eigenvalue weighted by molar-refractivity contribution is -0.143. The number of thioether (sulfide) groups is 2. The number of hydrogen-bond donors (Lipinski definition) is 2. The van der Waals surface area contributed by atoms with Gasteiger partial charge in [0, 0.05) is 60.5 Å². The zero-order chi connectivity index (χ0) is 20.7. The van der Waals surface area contributed by atoms with E-state index in [4.69, 9.17) is 10.5 Å². The van der Waals surface area contributed by atoms with E-state index in [1.165, 1.54) is 26.6 Å². The average molecular weight is 541 g/mol. The van der Waals surface area contributed by atoms with Crippen molar-refractivity contribution in [1.29, 1.82) is 0 Å². The molecule has 29 heavy (non-hydrogen) atoms. The van der Waals surface area contributed by atoms with Gasteiger partial charge in [0.15, 0.2) is 6.04 Å². The van der Waals surface area contributed by atoms with E-state index in [1.54, 1.807) is 23.5 Å². The summed E-state index contributed by atoms with van der Waals surface area (Å²) < 4.78 is 4.86. The third-order valence-corrected chi connectivity index (χ3v) is 9.83. The van der Waals surface area contributed by atoms with E-state index in [0.717, 1.165) is 34.4 Å². The standard InChI is InChI=1S/C8H13NO2S.C6H10N2OS.H3N.H2O.S5/c1-3-7-9-6(5-12-7)8(10)11-4-2;1-2-5-8-4(3-10-5)6(7)9;;;1-3-5-4-2/h6H,3-5H2,1-2H3;4H,2-3H2,1H3,(H2,7,9);1H3;1H2;/t6-;4-;;;/m00.../s1. The third-order valence-electron chi connectivity index (χ3n) is 2.96. The van der Waals surface area contributed by atoms with Crippen LogP contribution in [0.15, 0.2) is 9.98 Å². The summed E-state index contributed by atoms with van der Waals surface area (Å²) in [5.41, 5.74) is 5.06. The number of amides is 1. The molecule has 8 nitrogen and oxygen atoms in total. The van der Waals surface area contributed by atoms with Gasteiger partial charge in [0.2, 0.25) is 5.91 Å². The quantitative estimate of drug-likeness (QED) is 0.492. The second kappa shape index (κ2) is 21.2. The van der Waals surface area contributed by atoms with Crippen LogP contribution in [-0.4, -0.2) is 57.6 Å². The Balaban J connectivity index is -0.000000364. The minimum atomic E-state index is -0.309. The Bertz CT molecular complexity index is 675. The maximum atomic E-state index is 11.2. The highest BCUT2D eigenvalue weighted by molar-refractivity contribution is 8.59. The molecule has 0 fully saturated rings. The first-order chi connectivity index (χ1) is 12.9. The van der Waals surface area contributed by atoms with Gasteiger partial charge in [-0.3, -0.25) is 14.8 Å². The topological polar surface area (TPSA) is 161 Å².